The summed E-state index contributed by atoms with van der Waals surface area (Å²) >= 11 is 0. The van der Waals surface area contributed by atoms with Gasteiger partial charge in [0.1, 0.15) is 5.84 Å². The summed E-state index contributed by atoms with van der Waals surface area (Å²) in [6, 6.07) is 8.18. The van der Waals surface area contributed by atoms with E-state index in [1.165, 1.54) is 0 Å². The van der Waals surface area contributed by atoms with Crippen molar-refractivity contribution < 1.29 is 4.79 Å². The smallest absolute Gasteiger partial charge is 0.235 e. The second-order valence-electron chi connectivity index (χ2n) is 5.26. The van der Waals surface area contributed by atoms with E-state index in [1.807, 2.05) is 12.1 Å². The molecule has 0 radical (unpaired) electrons. The molecule has 0 N–H and O–H groups in total. The van der Waals surface area contributed by atoms with Gasteiger partial charge in [-0.15, -0.1) is 0 Å². The Balaban J connectivity index is 2.10. The topological polar surface area (TPSA) is 45.0 Å². The van der Waals surface area contributed by atoms with Crippen LogP contribution >= 0.6 is 0 Å². The number of isocyanates is 1. The third-order valence-electron chi connectivity index (χ3n) is 4.17. The third kappa shape index (κ3) is 1.89. The fraction of sp³-hybridized carbons (Fsp3) is 0.467. The Morgan fingerprint density at radius 3 is 2.74 bits per heavy atom. The van der Waals surface area contributed by atoms with E-state index in [9.17, 15) is 4.79 Å². The molecule has 1 saturated carbocycles. The van der Waals surface area contributed by atoms with Crippen molar-refractivity contribution in [1.29, 1.82) is 0 Å². The first-order valence-electron chi connectivity index (χ1n) is 6.71. The third-order valence-corrected chi connectivity index (χ3v) is 4.17. The van der Waals surface area contributed by atoms with Crippen LogP contribution in [0.4, 0.5) is 0 Å². The van der Waals surface area contributed by atoms with Crippen molar-refractivity contribution in [3.05, 3.63) is 35.4 Å². The minimum absolute atomic E-state index is 0.357. The van der Waals surface area contributed by atoms with Gasteiger partial charge in [-0.1, -0.05) is 24.3 Å². The first kappa shape index (κ1) is 12.1. The Morgan fingerprint density at radius 2 is 2.16 bits per heavy atom. The molecule has 1 aliphatic heterocycles. The van der Waals surface area contributed by atoms with Crippen molar-refractivity contribution in [1.82, 2.24) is 4.90 Å². The molecule has 4 heteroatoms. The largest absolute Gasteiger partial charge is 0.358 e. The lowest BCUT2D eigenvalue weighted by molar-refractivity contribution is 0.255. The number of amidine groups is 1. The number of likely N-dealkylation sites (N-methyl/N-ethyl adjacent to an activating group) is 1. The molecule has 1 heterocycles. The number of hydrogen-bond acceptors (Lipinski definition) is 4. The summed E-state index contributed by atoms with van der Waals surface area (Å²) < 4.78 is 0. The van der Waals surface area contributed by atoms with Gasteiger partial charge in [-0.25, -0.2) is 4.79 Å². The number of rotatable bonds is 3. The van der Waals surface area contributed by atoms with Crippen LogP contribution in [0.2, 0.25) is 0 Å². The van der Waals surface area contributed by atoms with Gasteiger partial charge >= 0.3 is 0 Å². The highest BCUT2D eigenvalue weighted by atomic mass is 16.1. The summed E-state index contributed by atoms with van der Waals surface area (Å²) in [5, 5.41) is 0. The molecule has 4 nitrogen and oxygen atoms in total. The van der Waals surface area contributed by atoms with Crippen molar-refractivity contribution in [2.45, 2.75) is 24.8 Å². The van der Waals surface area contributed by atoms with E-state index >= 15 is 0 Å². The maximum absolute atomic E-state index is 10.8. The first-order chi connectivity index (χ1) is 9.27. The van der Waals surface area contributed by atoms with Crippen LogP contribution < -0.4 is 0 Å². The molecule has 1 aromatic carbocycles. The van der Waals surface area contributed by atoms with Crippen molar-refractivity contribution in [3.8, 4) is 0 Å². The zero-order valence-corrected chi connectivity index (χ0v) is 11.1. The summed E-state index contributed by atoms with van der Waals surface area (Å²) in [5.41, 5.74) is 1.88. The molecular formula is C15H17N3O. The van der Waals surface area contributed by atoms with Crippen molar-refractivity contribution in [3.63, 3.8) is 0 Å². The maximum atomic E-state index is 10.8. The standard InChI is InChI=1S/C15H17N3O/c1-18-10-9-16-14(18)12-5-2-3-6-13(12)15(17-11-19)7-4-8-15/h2-3,5-6H,4,7-10H2,1H3. The zero-order valence-electron chi connectivity index (χ0n) is 11.1. The van der Waals surface area contributed by atoms with Gasteiger partial charge in [0.2, 0.25) is 6.08 Å². The molecule has 0 atom stereocenters. The number of benzene rings is 1. The van der Waals surface area contributed by atoms with Crippen molar-refractivity contribution in [2.24, 2.45) is 9.98 Å². The van der Waals surface area contributed by atoms with E-state index < -0.39 is 0 Å². The van der Waals surface area contributed by atoms with E-state index in [2.05, 4.69) is 34.1 Å². The molecule has 0 spiro atoms. The molecule has 0 aromatic heterocycles. The Labute approximate surface area is 112 Å². The minimum Gasteiger partial charge on any atom is -0.358 e. The Bertz CT molecular complexity index is 569. The lowest BCUT2D eigenvalue weighted by Crippen LogP contribution is -2.35. The lowest BCUT2D eigenvalue weighted by Gasteiger charge is -2.38. The van der Waals surface area contributed by atoms with Crippen molar-refractivity contribution in [2.75, 3.05) is 20.1 Å². The summed E-state index contributed by atoms with van der Waals surface area (Å²) in [7, 11) is 2.05. The van der Waals surface area contributed by atoms with Crippen LogP contribution in [-0.2, 0) is 10.3 Å². The minimum atomic E-state index is -0.357. The summed E-state index contributed by atoms with van der Waals surface area (Å²) in [6.45, 7) is 1.79. The predicted molar refractivity (Wildman–Crippen MR) is 74.1 cm³/mol. The molecule has 1 fully saturated rings. The summed E-state index contributed by atoms with van der Waals surface area (Å²) in [4.78, 5) is 21.6. The van der Waals surface area contributed by atoms with Crippen LogP contribution in [0.25, 0.3) is 0 Å². The second kappa shape index (κ2) is 4.63. The Hall–Kier alpha value is -1.93. The molecule has 3 rings (SSSR count). The van der Waals surface area contributed by atoms with Gasteiger partial charge in [0, 0.05) is 19.2 Å². The van der Waals surface area contributed by atoms with Crippen LogP contribution in [0, 0.1) is 0 Å². The fourth-order valence-corrected chi connectivity index (χ4v) is 2.95. The van der Waals surface area contributed by atoms with E-state index in [-0.39, 0.29) is 5.54 Å². The zero-order chi connectivity index (χ0) is 13.3. The predicted octanol–water partition coefficient (Wildman–Crippen LogP) is 2.09. The van der Waals surface area contributed by atoms with Crippen LogP contribution in [0.3, 0.4) is 0 Å². The molecule has 2 aliphatic rings. The number of aliphatic imine (C=N–C) groups is 2. The molecule has 0 unspecified atom stereocenters. The maximum Gasteiger partial charge on any atom is 0.235 e. The van der Waals surface area contributed by atoms with Crippen LogP contribution in [-0.4, -0.2) is 37.0 Å². The molecule has 0 saturated heterocycles. The number of hydrogen-bond donors (Lipinski definition) is 0. The second-order valence-corrected chi connectivity index (χ2v) is 5.26. The van der Waals surface area contributed by atoms with Gasteiger partial charge < -0.3 is 4.90 Å². The molecule has 19 heavy (non-hydrogen) atoms. The van der Waals surface area contributed by atoms with Crippen LogP contribution in [0.5, 0.6) is 0 Å². The molecule has 0 bridgehead atoms. The molecule has 98 valence electrons. The molecular weight excluding hydrogens is 238 g/mol. The summed E-state index contributed by atoms with van der Waals surface area (Å²) in [6.07, 6.45) is 4.73. The van der Waals surface area contributed by atoms with E-state index in [0.717, 1.165) is 49.3 Å². The summed E-state index contributed by atoms with van der Waals surface area (Å²) in [5.74, 6) is 1.02. The lowest BCUT2D eigenvalue weighted by atomic mass is 9.71. The van der Waals surface area contributed by atoms with Gasteiger partial charge in [-0.3, -0.25) is 4.99 Å². The molecule has 1 aliphatic carbocycles. The normalized spacial score (nSPS) is 20.5. The van der Waals surface area contributed by atoms with Crippen molar-refractivity contribution >= 4 is 11.9 Å². The van der Waals surface area contributed by atoms with Gasteiger partial charge in [0.25, 0.3) is 0 Å². The van der Waals surface area contributed by atoms with E-state index in [1.54, 1.807) is 6.08 Å². The highest BCUT2D eigenvalue weighted by molar-refractivity contribution is 6.01. The molecule has 0 amide bonds. The quantitative estimate of drug-likeness (QED) is 0.613. The number of nitrogens with zero attached hydrogens (tertiary/aromatic N) is 3. The average molecular weight is 255 g/mol. The highest BCUT2D eigenvalue weighted by Crippen LogP contribution is 2.46. The monoisotopic (exact) mass is 255 g/mol. The van der Waals surface area contributed by atoms with Gasteiger partial charge in [0.15, 0.2) is 0 Å². The SMILES string of the molecule is CN1CCN=C1c1ccccc1C1(N=C=O)CCC1. The van der Waals surface area contributed by atoms with Crippen LogP contribution in [0.1, 0.15) is 30.4 Å². The fourth-order valence-electron chi connectivity index (χ4n) is 2.95. The van der Waals surface area contributed by atoms with Crippen LogP contribution in [0.15, 0.2) is 34.3 Å². The van der Waals surface area contributed by atoms with Gasteiger partial charge in [0.05, 0.1) is 12.1 Å². The Kier molecular flexibility index (Phi) is 2.96. The number of carbonyl (C=O) groups excluding carboxylic acids is 1. The molecule has 1 aromatic rings. The van der Waals surface area contributed by atoms with E-state index in [4.69, 9.17) is 0 Å². The first-order valence-corrected chi connectivity index (χ1v) is 6.71. The highest BCUT2D eigenvalue weighted by Gasteiger charge is 2.41. The Morgan fingerprint density at radius 1 is 1.37 bits per heavy atom. The van der Waals surface area contributed by atoms with E-state index in [0.29, 0.717) is 0 Å². The van der Waals surface area contributed by atoms with Gasteiger partial charge in [-0.2, -0.15) is 4.99 Å². The average Bonchev–Trinajstić information content (AvgIpc) is 2.80. The van der Waals surface area contributed by atoms with Gasteiger partial charge in [-0.05, 0) is 24.8 Å².